The van der Waals surface area contributed by atoms with Crippen LogP contribution in [0.1, 0.15) is 19.1 Å². The van der Waals surface area contributed by atoms with Crippen molar-refractivity contribution in [2.45, 2.75) is 43.4 Å². The number of primary amides is 1. The van der Waals surface area contributed by atoms with Crippen LogP contribution in [0.2, 0.25) is 0 Å². The molecule has 2 aromatic rings. The van der Waals surface area contributed by atoms with Crippen LogP contribution in [-0.4, -0.2) is 72.6 Å². The quantitative estimate of drug-likeness (QED) is 0.243. The van der Waals surface area contributed by atoms with Crippen molar-refractivity contribution in [2.24, 2.45) is 11.5 Å². The summed E-state index contributed by atoms with van der Waals surface area (Å²) in [5, 5.41) is 20.5. The fraction of sp³-hybridized carbons (Fsp3) is 0.533. The van der Waals surface area contributed by atoms with Crippen molar-refractivity contribution >= 4 is 23.0 Å². The van der Waals surface area contributed by atoms with Crippen molar-refractivity contribution < 1.29 is 29.3 Å². The summed E-state index contributed by atoms with van der Waals surface area (Å²) in [4.78, 5) is 54.1. The average molecular weight is 412 g/mol. The SMILES string of the molecule is NC(=O)CC[C@H](N)C(=O)OC[C@@H]1O[C@H](n2cnc3c(=O)[nH]c(=O)[nH]c32)C(O)C1O. The molecule has 2 unspecified atom stereocenters. The van der Waals surface area contributed by atoms with Gasteiger partial charge in [0.1, 0.15) is 36.6 Å². The van der Waals surface area contributed by atoms with Gasteiger partial charge in [-0.15, -0.1) is 0 Å². The summed E-state index contributed by atoms with van der Waals surface area (Å²) in [5.74, 6) is -1.44. The van der Waals surface area contributed by atoms with Crippen LogP contribution in [-0.2, 0) is 19.1 Å². The number of amides is 1. The van der Waals surface area contributed by atoms with Gasteiger partial charge in [0, 0.05) is 6.42 Å². The van der Waals surface area contributed by atoms with E-state index < -0.39 is 60.3 Å². The zero-order valence-electron chi connectivity index (χ0n) is 15.0. The van der Waals surface area contributed by atoms with Gasteiger partial charge >= 0.3 is 11.7 Å². The molecule has 1 amide bonds. The van der Waals surface area contributed by atoms with Gasteiger partial charge in [0.15, 0.2) is 11.7 Å². The molecule has 158 valence electrons. The van der Waals surface area contributed by atoms with Crippen molar-refractivity contribution in [3.05, 3.63) is 27.2 Å². The molecule has 1 aliphatic heterocycles. The number of nitrogens with zero attached hydrogens (tertiary/aromatic N) is 2. The van der Waals surface area contributed by atoms with Gasteiger partial charge in [-0.05, 0) is 6.42 Å². The second-order valence-corrected chi connectivity index (χ2v) is 6.55. The Balaban J connectivity index is 1.69. The third-order valence-corrected chi connectivity index (χ3v) is 4.47. The Morgan fingerprint density at radius 3 is 2.72 bits per heavy atom. The molecule has 0 aliphatic carbocycles. The molecule has 2 aromatic heterocycles. The minimum Gasteiger partial charge on any atom is -0.462 e. The Labute approximate surface area is 161 Å². The number of imidazole rings is 1. The average Bonchev–Trinajstić information content (AvgIpc) is 3.19. The van der Waals surface area contributed by atoms with E-state index in [0.29, 0.717) is 0 Å². The highest BCUT2D eigenvalue weighted by Gasteiger charge is 2.45. The third-order valence-electron chi connectivity index (χ3n) is 4.47. The van der Waals surface area contributed by atoms with Crippen LogP contribution in [0.25, 0.3) is 11.2 Å². The van der Waals surface area contributed by atoms with E-state index in [2.05, 4.69) is 9.97 Å². The van der Waals surface area contributed by atoms with Crippen molar-refractivity contribution in [1.82, 2.24) is 19.5 Å². The number of nitrogens with two attached hydrogens (primary N) is 2. The molecule has 3 rings (SSSR count). The lowest BCUT2D eigenvalue weighted by molar-refractivity contribution is -0.151. The van der Waals surface area contributed by atoms with E-state index in [9.17, 15) is 29.4 Å². The van der Waals surface area contributed by atoms with Crippen molar-refractivity contribution in [3.8, 4) is 0 Å². The maximum absolute atomic E-state index is 11.9. The Morgan fingerprint density at radius 2 is 2.03 bits per heavy atom. The number of hydrogen-bond acceptors (Lipinski definition) is 10. The highest BCUT2D eigenvalue weighted by Crippen LogP contribution is 2.31. The van der Waals surface area contributed by atoms with Crippen LogP contribution in [0.3, 0.4) is 0 Å². The Hall–Kier alpha value is -3.07. The largest absolute Gasteiger partial charge is 0.462 e. The van der Waals surface area contributed by atoms with E-state index in [1.165, 1.54) is 4.57 Å². The fourth-order valence-corrected chi connectivity index (χ4v) is 2.93. The second-order valence-electron chi connectivity index (χ2n) is 6.55. The molecule has 14 nitrogen and oxygen atoms in total. The van der Waals surface area contributed by atoms with E-state index in [4.69, 9.17) is 20.9 Å². The maximum Gasteiger partial charge on any atom is 0.327 e. The first-order valence-corrected chi connectivity index (χ1v) is 8.60. The lowest BCUT2D eigenvalue weighted by atomic mass is 10.1. The second kappa shape index (κ2) is 8.12. The van der Waals surface area contributed by atoms with Crippen LogP contribution in [0, 0.1) is 0 Å². The Bertz CT molecular complexity index is 1030. The van der Waals surface area contributed by atoms with Gasteiger partial charge in [-0.1, -0.05) is 0 Å². The predicted molar refractivity (Wildman–Crippen MR) is 94.3 cm³/mol. The zero-order valence-corrected chi connectivity index (χ0v) is 15.0. The number of carbonyl (C=O) groups is 2. The highest BCUT2D eigenvalue weighted by molar-refractivity contribution is 5.78. The summed E-state index contributed by atoms with van der Waals surface area (Å²) in [5.41, 5.74) is 8.96. The van der Waals surface area contributed by atoms with Crippen LogP contribution in [0.4, 0.5) is 0 Å². The minimum atomic E-state index is -1.47. The first kappa shape index (κ1) is 20.7. The molecule has 0 aromatic carbocycles. The maximum atomic E-state index is 11.9. The summed E-state index contributed by atoms with van der Waals surface area (Å²) in [7, 11) is 0. The van der Waals surface area contributed by atoms with E-state index >= 15 is 0 Å². The molecular formula is C15H20N6O8. The summed E-state index contributed by atoms with van der Waals surface area (Å²) in [6, 6.07) is -1.09. The molecule has 3 heterocycles. The number of nitrogens with one attached hydrogen (secondary N) is 2. The molecular weight excluding hydrogens is 392 g/mol. The lowest BCUT2D eigenvalue weighted by Crippen LogP contribution is -2.38. The standard InChI is InChI=1S/C15H20N6O8/c16-5(1-2-7(17)22)14(26)28-3-6-9(23)10(24)13(29-6)21-4-18-8-11(21)19-15(27)20-12(8)25/h4-6,9-10,13,23-24H,1-3,16H2,(H2,17,22)(H2,19,20,25,27)/t5-,6-,9?,10?,13-/m0/s1. The summed E-state index contributed by atoms with van der Waals surface area (Å²) < 4.78 is 11.7. The number of rotatable bonds is 7. The van der Waals surface area contributed by atoms with Gasteiger partial charge in [0.2, 0.25) is 5.91 Å². The van der Waals surface area contributed by atoms with Gasteiger partial charge in [-0.3, -0.25) is 28.9 Å². The Morgan fingerprint density at radius 1 is 1.31 bits per heavy atom. The van der Waals surface area contributed by atoms with Crippen molar-refractivity contribution in [3.63, 3.8) is 0 Å². The molecule has 0 bridgehead atoms. The van der Waals surface area contributed by atoms with E-state index in [0.717, 1.165) is 6.33 Å². The number of fused-ring (bicyclic) bond motifs is 1. The number of carbonyl (C=O) groups excluding carboxylic acids is 2. The summed E-state index contributed by atoms with van der Waals surface area (Å²) in [6.45, 7) is -0.429. The molecule has 5 atom stereocenters. The van der Waals surface area contributed by atoms with E-state index in [-0.39, 0.29) is 24.0 Å². The Kier molecular flexibility index (Phi) is 5.78. The fourth-order valence-electron chi connectivity index (χ4n) is 2.93. The topological polar surface area (TPSA) is 229 Å². The molecule has 0 radical (unpaired) electrons. The van der Waals surface area contributed by atoms with Crippen LogP contribution >= 0.6 is 0 Å². The number of ether oxygens (including phenoxy) is 2. The molecule has 0 spiro atoms. The van der Waals surface area contributed by atoms with Crippen molar-refractivity contribution in [1.29, 1.82) is 0 Å². The first-order chi connectivity index (χ1) is 13.7. The predicted octanol–water partition coefficient (Wildman–Crippen LogP) is -3.83. The first-order valence-electron chi connectivity index (χ1n) is 8.60. The van der Waals surface area contributed by atoms with Gasteiger partial charge in [0.05, 0.1) is 6.33 Å². The van der Waals surface area contributed by atoms with Crippen molar-refractivity contribution in [2.75, 3.05) is 6.61 Å². The number of esters is 1. The lowest BCUT2D eigenvalue weighted by Gasteiger charge is -2.17. The third kappa shape index (κ3) is 4.19. The highest BCUT2D eigenvalue weighted by atomic mass is 16.6. The normalized spacial score (nSPS) is 25.2. The van der Waals surface area contributed by atoms with Gasteiger partial charge in [-0.2, -0.15) is 0 Å². The molecule has 1 fully saturated rings. The monoisotopic (exact) mass is 412 g/mol. The number of aromatic nitrogens is 4. The summed E-state index contributed by atoms with van der Waals surface area (Å²) in [6.07, 6.45) is -4.18. The van der Waals surface area contributed by atoms with Gasteiger partial charge in [0.25, 0.3) is 5.56 Å². The molecule has 1 saturated heterocycles. The number of aliphatic hydroxyl groups excluding tert-OH is 2. The zero-order chi connectivity index (χ0) is 21.3. The van der Waals surface area contributed by atoms with E-state index in [1.54, 1.807) is 0 Å². The smallest absolute Gasteiger partial charge is 0.327 e. The number of aliphatic hydroxyl groups is 2. The summed E-state index contributed by atoms with van der Waals surface area (Å²) >= 11 is 0. The van der Waals surface area contributed by atoms with Crippen LogP contribution in [0.5, 0.6) is 0 Å². The number of H-pyrrole nitrogens is 2. The molecule has 8 N–H and O–H groups in total. The number of aromatic amines is 2. The van der Waals surface area contributed by atoms with E-state index in [1.807, 2.05) is 4.98 Å². The molecule has 29 heavy (non-hydrogen) atoms. The molecule has 14 heteroatoms. The molecule has 1 aliphatic rings. The minimum absolute atomic E-state index is 0.00354. The van der Waals surface area contributed by atoms with Crippen LogP contribution in [0.15, 0.2) is 15.9 Å². The van der Waals surface area contributed by atoms with Gasteiger partial charge in [-0.25, -0.2) is 9.78 Å². The van der Waals surface area contributed by atoms with Gasteiger partial charge < -0.3 is 31.2 Å². The number of hydrogen-bond donors (Lipinski definition) is 6. The molecule has 0 saturated carbocycles. The van der Waals surface area contributed by atoms with Crippen LogP contribution < -0.4 is 22.7 Å².